The van der Waals surface area contributed by atoms with E-state index in [2.05, 4.69) is 20.3 Å². The first-order chi connectivity index (χ1) is 13.2. The second kappa shape index (κ2) is 7.65. The molecule has 1 aliphatic rings. The maximum atomic E-state index is 12.8. The maximum Gasteiger partial charge on any atom is 0.316 e. The lowest BCUT2D eigenvalue weighted by Gasteiger charge is -2.28. The zero-order valence-corrected chi connectivity index (χ0v) is 14.6. The summed E-state index contributed by atoms with van der Waals surface area (Å²) < 4.78 is 18.5. The second-order valence-electron chi connectivity index (χ2n) is 6.63. The van der Waals surface area contributed by atoms with Crippen molar-refractivity contribution in [1.29, 1.82) is 0 Å². The Balaban J connectivity index is 1.34. The van der Waals surface area contributed by atoms with Crippen LogP contribution in [0.1, 0.15) is 36.2 Å². The molecule has 138 valence electrons. The molecule has 1 N–H and O–H groups in total. The van der Waals surface area contributed by atoms with Crippen molar-refractivity contribution in [2.75, 3.05) is 0 Å². The Morgan fingerprint density at radius 1 is 1.04 bits per heavy atom. The van der Waals surface area contributed by atoms with Crippen LogP contribution >= 0.6 is 0 Å². The molecule has 1 aromatic carbocycles. The highest BCUT2D eigenvalue weighted by Gasteiger charge is 2.25. The molecule has 4 rings (SSSR count). The Labute approximate surface area is 155 Å². The maximum absolute atomic E-state index is 12.8. The fourth-order valence-electron chi connectivity index (χ4n) is 3.39. The number of nitrogens with one attached hydrogen (secondary N) is 1. The lowest BCUT2D eigenvalue weighted by molar-refractivity contribution is 0.0882. The molecule has 0 unspecified atom stereocenters. The van der Waals surface area contributed by atoms with Gasteiger partial charge >= 0.3 is 6.01 Å². The number of fused-ring (bicyclic) bond motifs is 1. The van der Waals surface area contributed by atoms with Gasteiger partial charge in [-0.3, -0.25) is 9.78 Å². The molecule has 27 heavy (non-hydrogen) atoms. The number of carbonyl (C=O) groups is 1. The third-order valence-electron chi connectivity index (χ3n) is 4.77. The molecule has 7 heteroatoms. The van der Waals surface area contributed by atoms with E-state index >= 15 is 0 Å². The Hall–Kier alpha value is -3.09. The molecule has 2 aromatic heterocycles. The summed E-state index contributed by atoms with van der Waals surface area (Å²) >= 11 is 0. The highest BCUT2D eigenvalue weighted by atomic mass is 19.1. The molecule has 0 aliphatic heterocycles. The van der Waals surface area contributed by atoms with Crippen molar-refractivity contribution < 1.29 is 13.9 Å². The summed E-state index contributed by atoms with van der Waals surface area (Å²) in [6, 6.07) is 9.87. The van der Waals surface area contributed by atoms with Crippen LogP contribution in [-0.2, 0) is 0 Å². The Morgan fingerprint density at radius 2 is 1.78 bits per heavy atom. The lowest BCUT2D eigenvalue weighted by Crippen LogP contribution is -2.40. The summed E-state index contributed by atoms with van der Waals surface area (Å²) in [5.74, 6) is -0.645. The number of benzene rings is 1. The normalized spacial score (nSPS) is 19.6. The molecule has 0 saturated heterocycles. The number of ether oxygens (including phenoxy) is 1. The van der Waals surface area contributed by atoms with E-state index in [-0.39, 0.29) is 24.1 Å². The third kappa shape index (κ3) is 4.02. The fourth-order valence-corrected chi connectivity index (χ4v) is 3.39. The smallest absolute Gasteiger partial charge is 0.316 e. The lowest BCUT2D eigenvalue weighted by atomic mass is 9.93. The Bertz CT molecular complexity index is 935. The molecule has 1 amide bonds. The number of aromatic nitrogens is 3. The van der Waals surface area contributed by atoms with Crippen LogP contribution in [0.4, 0.5) is 4.39 Å². The van der Waals surface area contributed by atoms with E-state index in [0.717, 1.165) is 48.8 Å². The van der Waals surface area contributed by atoms with Crippen molar-refractivity contribution in [2.24, 2.45) is 0 Å². The molecule has 0 spiro atoms. The minimum Gasteiger partial charge on any atom is -0.460 e. The summed E-state index contributed by atoms with van der Waals surface area (Å²) in [6.07, 6.45) is 6.94. The van der Waals surface area contributed by atoms with Crippen molar-refractivity contribution >= 4 is 16.7 Å². The van der Waals surface area contributed by atoms with Gasteiger partial charge < -0.3 is 10.1 Å². The highest BCUT2D eigenvalue weighted by Crippen LogP contribution is 2.23. The number of amides is 1. The van der Waals surface area contributed by atoms with Crippen LogP contribution in [-0.4, -0.2) is 33.0 Å². The SMILES string of the molecule is O=C(NC1CCC(Oc2ncc(F)cn2)CC1)c1nccc2ccccc12. The molecule has 1 saturated carbocycles. The first-order valence-corrected chi connectivity index (χ1v) is 8.98. The Kier molecular flexibility index (Phi) is 4.91. The van der Waals surface area contributed by atoms with Crippen LogP contribution in [0.2, 0.25) is 0 Å². The van der Waals surface area contributed by atoms with Crippen LogP contribution in [0.15, 0.2) is 48.9 Å². The summed E-state index contributed by atoms with van der Waals surface area (Å²) in [5.41, 5.74) is 0.450. The molecule has 1 fully saturated rings. The number of carbonyl (C=O) groups excluding carboxylic acids is 1. The van der Waals surface area contributed by atoms with Crippen LogP contribution < -0.4 is 10.1 Å². The molecule has 2 heterocycles. The van der Waals surface area contributed by atoms with Crippen molar-refractivity contribution in [3.63, 3.8) is 0 Å². The zero-order chi connectivity index (χ0) is 18.6. The van der Waals surface area contributed by atoms with E-state index < -0.39 is 5.82 Å². The van der Waals surface area contributed by atoms with Crippen LogP contribution in [0.3, 0.4) is 0 Å². The molecule has 6 nitrogen and oxygen atoms in total. The topological polar surface area (TPSA) is 77.0 Å². The summed E-state index contributed by atoms with van der Waals surface area (Å²) in [7, 11) is 0. The molecule has 3 aromatic rings. The standard InChI is InChI=1S/C20H19FN4O2/c21-14-11-23-20(24-12-14)27-16-7-5-15(6-8-16)25-19(26)18-17-4-2-1-3-13(17)9-10-22-18/h1-4,9-12,15-16H,5-8H2,(H,25,26). The van der Waals surface area contributed by atoms with Crippen molar-refractivity contribution in [3.05, 3.63) is 60.4 Å². The minimum absolute atomic E-state index is 0.0284. The van der Waals surface area contributed by atoms with Gasteiger partial charge in [-0.05, 0) is 37.1 Å². The quantitative estimate of drug-likeness (QED) is 0.767. The number of halogens is 1. The van der Waals surface area contributed by atoms with Gasteiger partial charge in [-0.25, -0.2) is 14.4 Å². The number of hydrogen-bond acceptors (Lipinski definition) is 5. The van der Waals surface area contributed by atoms with Crippen molar-refractivity contribution in [3.8, 4) is 6.01 Å². The average molecular weight is 366 g/mol. The largest absolute Gasteiger partial charge is 0.460 e. The highest BCUT2D eigenvalue weighted by molar-refractivity contribution is 6.05. The van der Waals surface area contributed by atoms with Gasteiger partial charge in [0.2, 0.25) is 0 Å². The molecule has 0 bridgehead atoms. The fraction of sp³-hybridized carbons (Fsp3) is 0.300. The van der Waals surface area contributed by atoms with Gasteiger partial charge in [-0.15, -0.1) is 0 Å². The molecular weight excluding hydrogens is 347 g/mol. The first-order valence-electron chi connectivity index (χ1n) is 8.98. The van der Waals surface area contributed by atoms with Gasteiger partial charge in [-0.2, -0.15) is 0 Å². The van der Waals surface area contributed by atoms with Crippen molar-refractivity contribution in [1.82, 2.24) is 20.3 Å². The van der Waals surface area contributed by atoms with Gasteiger partial charge in [-0.1, -0.05) is 24.3 Å². The van der Waals surface area contributed by atoms with E-state index in [0.29, 0.717) is 5.69 Å². The Morgan fingerprint density at radius 3 is 2.56 bits per heavy atom. The molecule has 0 radical (unpaired) electrons. The van der Waals surface area contributed by atoms with Crippen LogP contribution in [0.5, 0.6) is 6.01 Å². The monoisotopic (exact) mass is 366 g/mol. The minimum atomic E-state index is -0.490. The van der Waals surface area contributed by atoms with E-state index in [1.165, 1.54) is 0 Å². The summed E-state index contributed by atoms with van der Waals surface area (Å²) in [5, 5.41) is 4.93. The number of pyridine rings is 1. The predicted molar refractivity (Wildman–Crippen MR) is 97.9 cm³/mol. The van der Waals surface area contributed by atoms with E-state index in [4.69, 9.17) is 4.74 Å². The van der Waals surface area contributed by atoms with Gasteiger partial charge in [0.15, 0.2) is 5.82 Å². The van der Waals surface area contributed by atoms with Gasteiger partial charge in [0.05, 0.1) is 12.4 Å². The van der Waals surface area contributed by atoms with Gasteiger partial charge in [0, 0.05) is 17.6 Å². The summed E-state index contributed by atoms with van der Waals surface area (Å²) in [4.78, 5) is 24.6. The second-order valence-corrected chi connectivity index (χ2v) is 6.63. The number of rotatable bonds is 4. The van der Waals surface area contributed by atoms with E-state index in [1.807, 2.05) is 30.3 Å². The first kappa shape index (κ1) is 17.3. The van der Waals surface area contributed by atoms with Crippen LogP contribution in [0, 0.1) is 5.82 Å². The average Bonchev–Trinajstić information content (AvgIpc) is 2.71. The summed E-state index contributed by atoms with van der Waals surface area (Å²) in [6.45, 7) is 0. The zero-order valence-electron chi connectivity index (χ0n) is 14.6. The molecular formula is C20H19FN4O2. The van der Waals surface area contributed by atoms with Crippen LogP contribution in [0.25, 0.3) is 10.8 Å². The van der Waals surface area contributed by atoms with E-state index in [1.54, 1.807) is 6.20 Å². The number of hydrogen-bond donors (Lipinski definition) is 1. The van der Waals surface area contributed by atoms with Gasteiger partial charge in [0.25, 0.3) is 5.91 Å². The third-order valence-corrected chi connectivity index (χ3v) is 4.77. The van der Waals surface area contributed by atoms with E-state index in [9.17, 15) is 9.18 Å². The molecule has 1 aliphatic carbocycles. The number of nitrogens with zero attached hydrogens (tertiary/aromatic N) is 3. The van der Waals surface area contributed by atoms with Gasteiger partial charge in [0.1, 0.15) is 11.8 Å². The molecule has 0 atom stereocenters. The predicted octanol–water partition coefficient (Wildman–Crippen LogP) is 3.28. The van der Waals surface area contributed by atoms with Crippen molar-refractivity contribution in [2.45, 2.75) is 37.8 Å².